The van der Waals surface area contributed by atoms with Gasteiger partial charge in [0.25, 0.3) is 0 Å². The Morgan fingerprint density at radius 2 is 1.75 bits per heavy atom. The number of aryl methyl sites for hydroxylation is 1. The molecular formula is C20H21Br2N3O3. The Labute approximate surface area is 180 Å². The van der Waals surface area contributed by atoms with Crippen molar-refractivity contribution in [2.24, 2.45) is 5.73 Å². The second kappa shape index (κ2) is 8.96. The molecule has 2 aromatic carbocycles. The average molecular weight is 511 g/mol. The Morgan fingerprint density at radius 3 is 2.36 bits per heavy atom. The summed E-state index contributed by atoms with van der Waals surface area (Å²) in [6.07, 6.45) is 0.763. The third-order valence-corrected chi connectivity index (χ3v) is 6.06. The molecule has 3 N–H and O–H groups in total. The van der Waals surface area contributed by atoms with Gasteiger partial charge in [0.15, 0.2) is 0 Å². The number of carbonyl (C=O) groups excluding carboxylic acids is 2. The van der Waals surface area contributed by atoms with Gasteiger partial charge in [-0.15, -0.1) is 0 Å². The lowest BCUT2D eigenvalue weighted by atomic mass is 10.1. The molecule has 6 nitrogen and oxygen atoms in total. The Bertz CT molecular complexity index is 853. The number of phenolic OH excluding ortho intramolecular Hbond substituents is 1. The van der Waals surface area contributed by atoms with Crippen LogP contribution in [0.2, 0.25) is 0 Å². The first kappa shape index (κ1) is 20.7. The van der Waals surface area contributed by atoms with Gasteiger partial charge in [-0.2, -0.15) is 0 Å². The number of hydrogen-bond donors (Lipinski definition) is 2. The van der Waals surface area contributed by atoms with E-state index in [-0.39, 0.29) is 18.1 Å². The Morgan fingerprint density at radius 1 is 1.11 bits per heavy atom. The van der Waals surface area contributed by atoms with E-state index in [9.17, 15) is 14.7 Å². The van der Waals surface area contributed by atoms with Gasteiger partial charge in [-0.05, 0) is 68.1 Å². The fraction of sp³-hybridized carbons (Fsp3) is 0.300. The zero-order chi connectivity index (χ0) is 20.3. The van der Waals surface area contributed by atoms with Crippen molar-refractivity contribution < 1.29 is 14.7 Å². The normalized spacial score (nSPS) is 16.9. The van der Waals surface area contributed by atoms with Crippen LogP contribution in [0.1, 0.15) is 12.0 Å². The molecule has 1 aliphatic heterocycles. The molecule has 1 saturated heterocycles. The first-order chi connectivity index (χ1) is 13.4. The molecule has 2 amide bonds. The van der Waals surface area contributed by atoms with Crippen molar-refractivity contribution in [2.75, 3.05) is 24.5 Å². The summed E-state index contributed by atoms with van der Waals surface area (Å²) in [6.45, 7) is 1.49. The van der Waals surface area contributed by atoms with E-state index in [1.807, 2.05) is 30.3 Å². The number of halogens is 2. The van der Waals surface area contributed by atoms with Gasteiger partial charge in [-0.25, -0.2) is 0 Å². The summed E-state index contributed by atoms with van der Waals surface area (Å²) in [6, 6.07) is 12.7. The zero-order valence-electron chi connectivity index (χ0n) is 15.1. The third kappa shape index (κ3) is 4.67. The van der Waals surface area contributed by atoms with Gasteiger partial charge in [0.05, 0.1) is 8.95 Å². The highest BCUT2D eigenvalue weighted by Crippen LogP contribution is 2.33. The molecule has 0 aromatic heterocycles. The number of benzene rings is 2. The summed E-state index contributed by atoms with van der Waals surface area (Å²) in [5, 5.41) is 9.80. The molecule has 1 atom stereocenters. The Kier molecular flexibility index (Phi) is 6.61. The van der Waals surface area contributed by atoms with Crippen LogP contribution in [0.4, 0.5) is 5.69 Å². The topological polar surface area (TPSA) is 86.9 Å². The number of nitrogens with zero attached hydrogens (tertiary/aromatic N) is 2. The predicted molar refractivity (Wildman–Crippen MR) is 115 cm³/mol. The minimum absolute atomic E-state index is 0.100. The van der Waals surface area contributed by atoms with Crippen molar-refractivity contribution >= 4 is 49.4 Å². The van der Waals surface area contributed by atoms with Crippen molar-refractivity contribution in [3.05, 3.63) is 57.0 Å². The molecule has 1 heterocycles. The van der Waals surface area contributed by atoms with Gasteiger partial charge < -0.3 is 20.6 Å². The van der Waals surface area contributed by atoms with Gasteiger partial charge >= 0.3 is 0 Å². The summed E-state index contributed by atoms with van der Waals surface area (Å²) in [5.41, 5.74) is 7.52. The quantitative estimate of drug-likeness (QED) is 0.647. The summed E-state index contributed by atoms with van der Waals surface area (Å²) in [7, 11) is 0. The van der Waals surface area contributed by atoms with E-state index in [2.05, 4.69) is 36.8 Å². The van der Waals surface area contributed by atoms with Crippen molar-refractivity contribution in [3.8, 4) is 5.75 Å². The molecule has 0 saturated carbocycles. The molecule has 1 aliphatic rings. The van der Waals surface area contributed by atoms with Crippen molar-refractivity contribution in [3.63, 3.8) is 0 Å². The van der Waals surface area contributed by atoms with Gasteiger partial charge in [-0.1, -0.05) is 18.2 Å². The lowest BCUT2D eigenvalue weighted by Crippen LogP contribution is -2.60. The van der Waals surface area contributed by atoms with Crippen molar-refractivity contribution in [2.45, 2.75) is 18.9 Å². The van der Waals surface area contributed by atoms with Crippen LogP contribution >= 0.6 is 31.9 Å². The van der Waals surface area contributed by atoms with Crippen molar-refractivity contribution in [1.29, 1.82) is 0 Å². The first-order valence-electron chi connectivity index (χ1n) is 8.92. The van der Waals surface area contributed by atoms with E-state index in [1.165, 1.54) is 0 Å². The molecule has 28 heavy (non-hydrogen) atoms. The number of carbonyl (C=O) groups is 2. The maximum atomic E-state index is 12.8. The monoisotopic (exact) mass is 509 g/mol. The minimum Gasteiger partial charge on any atom is -0.506 e. The van der Waals surface area contributed by atoms with E-state index in [0.717, 1.165) is 11.3 Å². The predicted octanol–water partition coefficient (Wildman–Crippen LogP) is 3.05. The molecule has 1 unspecified atom stereocenters. The van der Waals surface area contributed by atoms with Crippen LogP contribution in [-0.2, 0) is 16.0 Å². The molecule has 8 heteroatoms. The zero-order valence-corrected chi connectivity index (χ0v) is 18.3. The van der Waals surface area contributed by atoms with Crippen LogP contribution in [0, 0.1) is 0 Å². The summed E-state index contributed by atoms with van der Waals surface area (Å²) in [4.78, 5) is 28.5. The number of phenols is 1. The second-order valence-electron chi connectivity index (χ2n) is 6.69. The fourth-order valence-corrected chi connectivity index (χ4v) is 4.64. The van der Waals surface area contributed by atoms with Gasteiger partial charge in [0.2, 0.25) is 11.8 Å². The van der Waals surface area contributed by atoms with E-state index in [0.29, 0.717) is 35.0 Å². The first-order valence-corrected chi connectivity index (χ1v) is 10.5. The molecule has 3 rings (SSSR count). The fourth-order valence-electron chi connectivity index (χ4n) is 3.36. The second-order valence-corrected chi connectivity index (χ2v) is 8.40. The van der Waals surface area contributed by atoms with Crippen LogP contribution in [0.15, 0.2) is 51.4 Å². The number of amides is 2. The Balaban J connectivity index is 1.66. The highest BCUT2D eigenvalue weighted by atomic mass is 79.9. The number of anilines is 1. The SMILES string of the molecule is NC(=O)C1CN(c2ccccc2)CCN1C(=O)CCc1cc(Br)c(O)c(Br)c1. The number of para-hydroxylation sites is 1. The Hall–Kier alpha value is -2.06. The number of nitrogens with two attached hydrogens (primary N) is 1. The summed E-state index contributed by atoms with van der Waals surface area (Å²) in [5.74, 6) is -0.471. The maximum Gasteiger partial charge on any atom is 0.242 e. The third-order valence-electron chi connectivity index (χ3n) is 4.85. The summed E-state index contributed by atoms with van der Waals surface area (Å²) < 4.78 is 1.13. The largest absolute Gasteiger partial charge is 0.506 e. The molecular weight excluding hydrogens is 490 g/mol. The standard InChI is InChI=1S/C20H21Br2N3O3/c21-15-10-13(11-16(22)19(15)27)6-7-18(26)25-9-8-24(12-17(25)20(23)28)14-4-2-1-3-5-14/h1-5,10-11,17,27H,6-9,12H2,(H2,23,28). The molecule has 0 spiro atoms. The molecule has 0 bridgehead atoms. The molecule has 0 radical (unpaired) electrons. The van der Waals surface area contributed by atoms with E-state index >= 15 is 0 Å². The van der Waals surface area contributed by atoms with E-state index in [4.69, 9.17) is 5.73 Å². The molecule has 0 aliphatic carbocycles. The molecule has 148 valence electrons. The van der Waals surface area contributed by atoms with Gasteiger partial charge in [0.1, 0.15) is 11.8 Å². The smallest absolute Gasteiger partial charge is 0.242 e. The highest BCUT2D eigenvalue weighted by Gasteiger charge is 2.33. The number of hydrogen-bond acceptors (Lipinski definition) is 4. The lowest BCUT2D eigenvalue weighted by molar-refractivity contribution is -0.139. The van der Waals surface area contributed by atoms with Gasteiger partial charge in [0, 0.05) is 31.7 Å². The molecule has 2 aromatic rings. The highest BCUT2D eigenvalue weighted by molar-refractivity contribution is 9.11. The number of aromatic hydroxyl groups is 1. The van der Waals surface area contributed by atoms with Crippen LogP contribution in [-0.4, -0.2) is 47.5 Å². The number of primary amides is 1. The number of piperazine rings is 1. The average Bonchev–Trinajstić information content (AvgIpc) is 2.70. The lowest BCUT2D eigenvalue weighted by Gasteiger charge is -2.41. The van der Waals surface area contributed by atoms with E-state index < -0.39 is 11.9 Å². The van der Waals surface area contributed by atoms with Crippen LogP contribution in [0.25, 0.3) is 0 Å². The van der Waals surface area contributed by atoms with Crippen LogP contribution in [0.3, 0.4) is 0 Å². The van der Waals surface area contributed by atoms with E-state index in [1.54, 1.807) is 17.0 Å². The van der Waals surface area contributed by atoms with Gasteiger partial charge in [-0.3, -0.25) is 9.59 Å². The van der Waals surface area contributed by atoms with Crippen molar-refractivity contribution in [1.82, 2.24) is 4.90 Å². The van der Waals surface area contributed by atoms with Crippen LogP contribution in [0.5, 0.6) is 5.75 Å². The molecule has 1 fully saturated rings. The number of rotatable bonds is 5. The van der Waals surface area contributed by atoms with Crippen LogP contribution < -0.4 is 10.6 Å². The summed E-state index contributed by atoms with van der Waals surface area (Å²) >= 11 is 6.59. The maximum absolute atomic E-state index is 12.8. The minimum atomic E-state index is -0.653.